The first-order valence-electron chi connectivity index (χ1n) is 7.94. The third-order valence-corrected chi connectivity index (χ3v) is 4.13. The molecule has 10 heteroatoms. The second-order valence-electron chi connectivity index (χ2n) is 5.72. The highest BCUT2D eigenvalue weighted by Gasteiger charge is 2.11. The molecule has 1 aromatic carbocycles. The summed E-state index contributed by atoms with van der Waals surface area (Å²) in [5.74, 6) is -0.798. The maximum Gasteiger partial charge on any atom is 0.285 e. The van der Waals surface area contributed by atoms with Crippen LogP contribution in [0.2, 0.25) is 0 Å². The van der Waals surface area contributed by atoms with E-state index in [-0.39, 0.29) is 31.1 Å². The zero-order valence-corrected chi connectivity index (χ0v) is 16.0. The lowest BCUT2D eigenvalue weighted by Crippen LogP contribution is -2.33. The number of pyridine rings is 1. The minimum Gasteiger partial charge on any atom is -0.354 e. The fraction of sp³-hybridized carbons (Fsp3) is 0.235. The van der Waals surface area contributed by atoms with Crippen molar-refractivity contribution in [3.05, 3.63) is 67.0 Å². The summed E-state index contributed by atoms with van der Waals surface area (Å²) < 4.78 is 1.78. The number of halogens is 1. The van der Waals surface area contributed by atoms with Gasteiger partial charge in [0.1, 0.15) is 6.54 Å². The molecule has 0 aliphatic rings. The number of nitro groups is 1. The number of aromatic nitrogens is 1. The van der Waals surface area contributed by atoms with Crippen LogP contribution in [0.3, 0.4) is 0 Å². The van der Waals surface area contributed by atoms with Gasteiger partial charge in [0, 0.05) is 35.3 Å². The van der Waals surface area contributed by atoms with Gasteiger partial charge in [-0.15, -0.1) is 0 Å². The molecule has 0 saturated heterocycles. The van der Waals surface area contributed by atoms with E-state index in [1.54, 1.807) is 6.07 Å². The van der Waals surface area contributed by atoms with Crippen LogP contribution in [0.25, 0.3) is 0 Å². The van der Waals surface area contributed by atoms with E-state index < -0.39 is 16.4 Å². The number of carbonyl (C=O) groups excluding carboxylic acids is 2. The number of carbonyl (C=O) groups is 2. The Balaban J connectivity index is 1.85. The number of amides is 2. The zero-order chi connectivity index (χ0) is 20.0. The normalized spacial score (nSPS) is 10.3. The number of rotatable bonds is 7. The fourth-order valence-corrected chi connectivity index (χ4v) is 2.58. The van der Waals surface area contributed by atoms with Crippen molar-refractivity contribution in [3.8, 4) is 0 Å². The second-order valence-corrected chi connectivity index (χ2v) is 6.63. The molecule has 0 unspecified atom stereocenters. The van der Waals surface area contributed by atoms with Crippen LogP contribution < -0.4 is 16.2 Å². The van der Waals surface area contributed by atoms with Gasteiger partial charge in [-0.05, 0) is 24.6 Å². The molecule has 0 saturated carbocycles. The molecular weight excluding hydrogens is 420 g/mol. The summed E-state index contributed by atoms with van der Waals surface area (Å²) in [6, 6.07) is 7.60. The van der Waals surface area contributed by atoms with Crippen molar-refractivity contribution >= 4 is 39.1 Å². The molecule has 1 heterocycles. The standard InChI is InChI=1S/C17H17BrN4O5/c1-11-2-3-12(18)8-14(11)20-15(23)6-7-19-16(24)10-21-9-13(22(26)27)4-5-17(21)25/h2-5,8-9H,6-7,10H2,1H3,(H,19,24)(H,20,23). The first-order chi connectivity index (χ1) is 12.8. The predicted octanol–water partition coefficient (Wildman–Crippen LogP) is 1.97. The van der Waals surface area contributed by atoms with E-state index in [1.165, 1.54) is 0 Å². The lowest BCUT2D eigenvalue weighted by Gasteiger charge is -2.10. The van der Waals surface area contributed by atoms with E-state index in [0.29, 0.717) is 5.69 Å². The van der Waals surface area contributed by atoms with Gasteiger partial charge in [0.2, 0.25) is 11.8 Å². The minimum atomic E-state index is -0.651. The number of hydrogen-bond acceptors (Lipinski definition) is 5. The molecular formula is C17H17BrN4O5. The van der Waals surface area contributed by atoms with Gasteiger partial charge in [0.15, 0.2) is 0 Å². The van der Waals surface area contributed by atoms with Crippen LogP contribution in [-0.4, -0.2) is 27.8 Å². The lowest BCUT2D eigenvalue weighted by molar-refractivity contribution is -0.385. The third kappa shape index (κ3) is 6.03. The molecule has 0 aliphatic heterocycles. The summed E-state index contributed by atoms with van der Waals surface area (Å²) in [5.41, 5.74) is 0.759. The summed E-state index contributed by atoms with van der Waals surface area (Å²) in [6.45, 7) is 1.56. The Morgan fingerprint density at radius 1 is 1.22 bits per heavy atom. The van der Waals surface area contributed by atoms with Crippen molar-refractivity contribution in [2.75, 3.05) is 11.9 Å². The van der Waals surface area contributed by atoms with Gasteiger partial charge in [-0.2, -0.15) is 0 Å². The van der Waals surface area contributed by atoms with Crippen LogP contribution in [0.5, 0.6) is 0 Å². The molecule has 9 nitrogen and oxygen atoms in total. The van der Waals surface area contributed by atoms with E-state index in [4.69, 9.17) is 0 Å². The molecule has 0 radical (unpaired) electrons. The summed E-state index contributed by atoms with van der Waals surface area (Å²) in [4.78, 5) is 45.6. The molecule has 2 aromatic rings. The number of aryl methyl sites for hydroxylation is 1. The first kappa shape index (κ1) is 20.3. The van der Waals surface area contributed by atoms with Gasteiger partial charge in [0.05, 0.1) is 11.1 Å². The number of nitrogens with one attached hydrogen (secondary N) is 2. The predicted molar refractivity (Wildman–Crippen MR) is 102 cm³/mol. The molecule has 0 aliphatic carbocycles. The lowest BCUT2D eigenvalue weighted by atomic mass is 10.2. The van der Waals surface area contributed by atoms with Crippen LogP contribution in [0.1, 0.15) is 12.0 Å². The van der Waals surface area contributed by atoms with Gasteiger partial charge >= 0.3 is 0 Å². The Labute approximate surface area is 162 Å². The molecule has 0 fully saturated rings. The maximum atomic E-state index is 12.0. The molecule has 0 bridgehead atoms. The Hall–Kier alpha value is -3.01. The Morgan fingerprint density at radius 2 is 1.96 bits per heavy atom. The van der Waals surface area contributed by atoms with Gasteiger partial charge in [0.25, 0.3) is 11.2 Å². The largest absolute Gasteiger partial charge is 0.354 e. The fourth-order valence-electron chi connectivity index (χ4n) is 2.22. The Bertz CT molecular complexity index is 941. The number of anilines is 1. The third-order valence-electron chi connectivity index (χ3n) is 3.64. The molecule has 27 heavy (non-hydrogen) atoms. The number of nitrogens with zero attached hydrogens (tertiary/aromatic N) is 2. The van der Waals surface area contributed by atoms with Crippen LogP contribution in [0.4, 0.5) is 11.4 Å². The van der Waals surface area contributed by atoms with Gasteiger partial charge in [-0.25, -0.2) is 0 Å². The average Bonchev–Trinajstić information content (AvgIpc) is 2.60. The van der Waals surface area contributed by atoms with E-state index >= 15 is 0 Å². The molecule has 142 valence electrons. The topological polar surface area (TPSA) is 123 Å². The average molecular weight is 437 g/mol. The summed E-state index contributed by atoms with van der Waals surface area (Å²) in [7, 11) is 0. The second kappa shape index (κ2) is 9.08. The minimum absolute atomic E-state index is 0.0432. The molecule has 2 N–H and O–H groups in total. The Morgan fingerprint density at radius 3 is 2.67 bits per heavy atom. The van der Waals surface area contributed by atoms with Crippen molar-refractivity contribution in [1.82, 2.24) is 9.88 Å². The smallest absolute Gasteiger partial charge is 0.285 e. The highest BCUT2D eigenvalue weighted by atomic mass is 79.9. The van der Waals surface area contributed by atoms with Crippen LogP contribution in [-0.2, 0) is 16.1 Å². The van der Waals surface area contributed by atoms with Gasteiger partial charge in [-0.1, -0.05) is 22.0 Å². The summed E-state index contributed by atoms with van der Waals surface area (Å²) in [6.07, 6.45) is 1.05. The number of benzene rings is 1. The molecule has 2 amide bonds. The monoisotopic (exact) mass is 436 g/mol. The highest BCUT2D eigenvalue weighted by molar-refractivity contribution is 9.10. The summed E-state index contributed by atoms with van der Waals surface area (Å²) >= 11 is 3.33. The van der Waals surface area contributed by atoms with Crippen LogP contribution in [0, 0.1) is 17.0 Å². The Kier molecular flexibility index (Phi) is 6.83. The van der Waals surface area contributed by atoms with Gasteiger partial charge in [-0.3, -0.25) is 29.1 Å². The molecule has 0 atom stereocenters. The zero-order valence-electron chi connectivity index (χ0n) is 14.4. The van der Waals surface area contributed by atoms with E-state index in [1.807, 2.05) is 19.1 Å². The van der Waals surface area contributed by atoms with Crippen molar-refractivity contribution in [2.45, 2.75) is 19.9 Å². The maximum absolute atomic E-state index is 12.0. The molecule has 1 aromatic heterocycles. The number of hydrogen-bond donors (Lipinski definition) is 2. The summed E-state index contributed by atoms with van der Waals surface area (Å²) in [5, 5.41) is 16.0. The van der Waals surface area contributed by atoms with Crippen LogP contribution in [0.15, 0.2) is 45.8 Å². The van der Waals surface area contributed by atoms with E-state index in [0.717, 1.165) is 32.9 Å². The van der Waals surface area contributed by atoms with Crippen molar-refractivity contribution in [2.24, 2.45) is 0 Å². The first-order valence-corrected chi connectivity index (χ1v) is 8.73. The van der Waals surface area contributed by atoms with E-state index in [9.17, 15) is 24.5 Å². The van der Waals surface area contributed by atoms with Gasteiger partial charge < -0.3 is 10.6 Å². The molecule has 2 rings (SSSR count). The van der Waals surface area contributed by atoms with E-state index in [2.05, 4.69) is 26.6 Å². The highest BCUT2D eigenvalue weighted by Crippen LogP contribution is 2.20. The van der Waals surface area contributed by atoms with Crippen molar-refractivity contribution < 1.29 is 14.5 Å². The van der Waals surface area contributed by atoms with Crippen LogP contribution >= 0.6 is 15.9 Å². The quantitative estimate of drug-likeness (QED) is 0.507. The SMILES string of the molecule is Cc1ccc(Br)cc1NC(=O)CCNC(=O)Cn1cc([N+](=O)[O-])ccc1=O. The molecule has 0 spiro atoms. The van der Waals surface area contributed by atoms with Crippen molar-refractivity contribution in [1.29, 1.82) is 0 Å². The van der Waals surface area contributed by atoms with Crippen molar-refractivity contribution in [3.63, 3.8) is 0 Å².